The van der Waals surface area contributed by atoms with Crippen molar-refractivity contribution < 1.29 is 0 Å². The third-order valence-corrected chi connectivity index (χ3v) is 20.9. The lowest BCUT2D eigenvalue weighted by atomic mass is 9.33. The Labute approximate surface area is 478 Å². The summed E-state index contributed by atoms with van der Waals surface area (Å²) in [5.74, 6) is 0. The summed E-state index contributed by atoms with van der Waals surface area (Å²) in [6, 6.07) is 56.3. The fourth-order valence-corrected chi connectivity index (χ4v) is 15.6. The highest BCUT2D eigenvalue weighted by atomic mass is 15.2. The number of anilines is 6. The highest BCUT2D eigenvalue weighted by molar-refractivity contribution is 7.00. The van der Waals surface area contributed by atoms with Crippen LogP contribution in [-0.4, -0.2) is 11.3 Å². The summed E-state index contributed by atoms with van der Waals surface area (Å²) < 4.78 is 2.55. The van der Waals surface area contributed by atoms with E-state index in [0.717, 1.165) is 12.8 Å². The Bertz CT molecular complexity index is 4160. The summed E-state index contributed by atoms with van der Waals surface area (Å²) in [4.78, 5) is 5.46. The van der Waals surface area contributed by atoms with Gasteiger partial charge in [0, 0.05) is 56.0 Å². The van der Waals surface area contributed by atoms with Gasteiger partial charge in [-0.1, -0.05) is 190 Å². The van der Waals surface area contributed by atoms with Gasteiger partial charge in [0.2, 0.25) is 0 Å². The summed E-state index contributed by atoms with van der Waals surface area (Å²) in [5.41, 5.74) is 30.8. The lowest BCUT2D eigenvalue weighted by Crippen LogP contribution is -2.62. The molecule has 0 amide bonds. The number of hydrogen-bond donors (Lipinski definition) is 0. The molecule has 404 valence electrons. The molecule has 1 aromatic heterocycles. The quantitative estimate of drug-likeness (QED) is 0.163. The average molecular weight is 1050 g/mol. The molecule has 14 rings (SSSR count). The summed E-state index contributed by atoms with van der Waals surface area (Å²) in [6.07, 6.45) is 4.68. The Balaban J connectivity index is 1.13. The van der Waals surface area contributed by atoms with Crippen LogP contribution >= 0.6 is 0 Å². The van der Waals surface area contributed by atoms with Crippen LogP contribution in [0.1, 0.15) is 187 Å². The normalized spacial score (nSPS) is 18.5. The van der Waals surface area contributed by atoms with Gasteiger partial charge in [0.25, 0.3) is 6.71 Å². The first-order valence-corrected chi connectivity index (χ1v) is 30.1. The van der Waals surface area contributed by atoms with Gasteiger partial charge in [-0.25, -0.2) is 0 Å². The van der Waals surface area contributed by atoms with Crippen LogP contribution in [0.15, 0.2) is 140 Å². The molecule has 0 saturated heterocycles. The number of aromatic nitrogens is 1. The fraction of sp³-hybridized carbons (Fsp3) is 0.368. The molecule has 0 bridgehead atoms. The third-order valence-electron chi connectivity index (χ3n) is 20.9. The highest BCUT2D eigenvalue weighted by Gasteiger charge is 2.49. The number of hydrogen-bond acceptors (Lipinski definition) is 2. The van der Waals surface area contributed by atoms with Gasteiger partial charge >= 0.3 is 0 Å². The SMILES string of the molecule is Cc1ccccc1-n1c2ccccc2c2cc3c(cc21)N(c1ccc2c(c1)C(C)(C)c1cc(C(C)(C)C)ccc1-2)c1cc(C(C)(C)C)cc2c1B3c1cc3c(cc1N2c1ccc2c(c1)C(C)(C)CCC2(C)C)C(C)(C)CCC3(C)C. The van der Waals surface area contributed by atoms with Crippen molar-refractivity contribution >= 4 is 79.0 Å². The van der Waals surface area contributed by atoms with E-state index in [-0.39, 0.29) is 44.6 Å². The lowest BCUT2D eigenvalue weighted by Gasteiger charge is -2.48. The van der Waals surface area contributed by atoms with Gasteiger partial charge in [0.05, 0.1) is 11.0 Å². The molecule has 0 spiro atoms. The maximum absolute atomic E-state index is 2.75. The lowest BCUT2D eigenvalue weighted by molar-refractivity contribution is 0.332. The maximum Gasteiger partial charge on any atom is 0.252 e. The molecule has 3 aliphatic carbocycles. The minimum Gasteiger partial charge on any atom is -0.311 e. The molecule has 0 unspecified atom stereocenters. The van der Waals surface area contributed by atoms with E-state index in [9.17, 15) is 0 Å². The van der Waals surface area contributed by atoms with Gasteiger partial charge in [-0.05, 0) is 203 Å². The van der Waals surface area contributed by atoms with Crippen molar-refractivity contribution in [1.29, 1.82) is 0 Å². The molecule has 4 heteroatoms. The predicted octanol–water partition coefficient (Wildman–Crippen LogP) is 18.8. The molecule has 8 aromatic carbocycles. The second-order valence-electron chi connectivity index (χ2n) is 30.4. The van der Waals surface area contributed by atoms with Crippen molar-refractivity contribution in [1.82, 2.24) is 4.57 Å². The Morgan fingerprint density at radius 2 is 0.887 bits per heavy atom. The Kier molecular flexibility index (Phi) is 10.6. The summed E-state index contributed by atoms with van der Waals surface area (Å²) >= 11 is 0. The summed E-state index contributed by atoms with van der Waals surface area (Å²) in [7, 11) is 0. The molecule has 80 heavy (non-hydrogen) atoms. The van der Waals surface area contributed by atoms with Crippen LogP contribution in [0.25, 0.3) is 38.6 Å². The second-order valence-corrected chi connectivity index (χ2v) is 30.4. The smallest absolute Gasteiger partial charge is 0.252 e. The third kappa shape index (κ3) is 7.24. The highest BCUT2D eigenvalue weighted by Crippen LogP contribution is 2.56. The molecular formula is C76H82BN3. The van der Waals surface area contributed by atoms with E-state index in [1.54, 1.807) is 0 Å². The Hall–Kier alpha value is -6.78. The van der Waals surface area contributed by atoms with E-state index in [1.807, 2.05) is 0 Å². The monoisotopic (exact) mass is 1050 g/mol. The minimum absolute atomic E-state index is 0.0161. The molecule has 9 aromatic rings. The van der Waals surface area contributed by atoms with E-state index in [1.165, 1.54) is 152 Å². The van der Waals surface area contributed by atoms with Crippen molar-refractivity contribution in [2.24, 2.45) is 0 Å². The second kappa shape index (κ2) is 16.5. The number of rotatable bonds is 3. The van der Waals surface area contributed by atoms with Gasteiger partial charge in [0.15, 0.2) is 0 Å². The van der Waals surface area contributed by atoms with Crippen LogP contribution in [-0.2, 0) is 37.9 Å². The molecule has 0 radical (unpaired) electrons. The maximum atomic E-state index is 2.75. The van der Waals surface area contributed by atoms with Crippen LogP contribution in [0.2, 0.25) is 0 Å². The number of benzene rings is 8. The predicted molar refractivity (Wildman–Crippen MR) is 345 cm³/mol. The number of fused-ring (bicyclic) bond motifs is 12. The molecular weight excluding hydrogens is 966 g/mol. The van der Waals surface area contributed by atoms with Gasteiger partial charge in [-0.3, -0.25) is 0 Å². The van der Waals surface area contributed by atoms with Crippen molar-refractivity contribution in [3.05, 3.63) is 190 Å². The van der Waals surface area contributed by atoms with Gasteiger partial charge < -0.3 is 14.4 Å². The standard InChI is InChI=1S/C76H82BN3/c1-45-22-18-20-24-62(45)80-63-25-21-19-23-52(63)53-41-60-66(44-64(53)80)79(48-27-30-51-50-29-26-46(70(2,3)4)36-55(50)76(16,17)56(51)39-48)68-38-47(71(5,6)7)37-67-69(68)77(60)61-42-58-59(75(14,15)35-34-74(58,12)13)43-65(61)78(67)49-28-31-54-57(40-49)73(10,11)33-32-72(54,8)9/h18-31,36-44H,32-35H2,1-17H3. The zero-order valence-electron chi connectivity index (χ0n) is 51.0. The van der Waals surface area contributed by atoms with Crippen molar-refractivity contribution in [3.63, 3.8) is 0 Å². The number of nitrogens with zero attached hydrogens (tertiary/aromatic N) is 3. The van der Waals surface area contributed by atoms with E-state index >= 15 is 0 Å². The van der Waals surface area contributed by atoms with Crippen molar-refractivity contribution in [2.75, 3.05) is 9.80 Å². The largest absolute Gasteiger partial charge is 0.311 e. The van der Waals surface area contributed by atoms with E-state index in [2.05, 4.69) is 272 Å². The van der Waals surface area contributed by atoms with E-state index < -0.39 is 0 Å². The average Bonchev–Trinajstić information content (AvgIpc) is 1.51. The molecule has 5 aliphatic rings. The molecule has 3 nitrogen and oxygen atoms in total. The fourth-order valence-electron chi connectivity index (χ4n) is 15.6. The first kappa shape index (κ1) is 51.4. The number of aryl methyl sites for hydroxylation is 1. The minimum atomic E-state index is -0.207. The molecule has 2 aliphatic heterocycles. The van der Waals surface area contributed by atoms with Gasteiger partial charge in [0.1, 0.15) is 0 Å². The van der Waals surface area contributed by atoms with E-state index in [4.69, 9.17) is 0 Å². The zero-order chi connectivity index (χ0) is 56.3. The number of para-hydroxylation sites is 2. The molecule has 3 heterocycles. The van der Waals surface area contributed by atoms with Gasteiger partial charge in [-0.2, -0.15) is 0 Å². The van der Waals surface area contributed by atoms with Crippen LogP contribution < -0.4 is 26.2 Å². The Morgan fingerprint density at radius 3 is 1.51 bits per heavy atom. The zero-order valence-corrected chi connectivity index (χ0v) is 51.0. The topological polar surface area (TPSA) is 11.4 Å². The van der Waals surface area contributed by atoms with Crippen LogP contribution in [0.5, 0.6) is 0 Å². The summed E-state index contributed by atoms with van der Waals surface area (Å²) in [5, 5.41) is 2.58. The van der Waals surface area contributed by atoms with Gasteiger partial charge in [-0.15, -0.1) is 0 Å². The van der Waals surface area contributed by atoms with Crippen molar-refractivity contribution in [3.8, 4) is 16.8 Å². The summed E-state index contributed by atoms with van der Waals surface area (Å²) in [6.45, 7) is 41.3. The molecule has 0 N–H and O–H groups in total. The Morgan fingerprint density at radius 1 is 0.388 bits per heavy atom. The van der Waals surface area contributed by atoms with Crippen LogP contribution in [0.3, 0.4) is 0 Å². The van der Waals surface area contributed by atoms with E-state index in [0.29, 0.717) is 0 Å². The first-order valence-electron chi connectivity index (χ1n) is 30.1. The van der Waals surface area contributed by atoms with Crippen LogP contribution in [0, 0.1) is 6.92 Å². The molecule has 0 saturated carbocycles. The first-order chi connectivity index (χ1) is 37.6. The van der Waals surface area contributed by atoms with Crippen LogP contribution in [0.4, 0.5) is 34.1 Å². The molecule has 0 fully saturated rings. The molecule has 0 atom stereocenters. The van der Waals surface area contributed by atoms with Crippen molar-refractivity contribution in [2.45, 2.75) is 181 Å².